The molecule has 2 heterocycles. The average Bonchev–Trinajstić information content (AvgIpc) is 2.79. The highest BCUT2D eigenvalue weighted by molar-refractivity contribution is 6.31. The van der Waals surface area contributed by atoms with Crippen LogP contribution in [0.5, 0.6) is 0 Å². The maximum absolute atomic E-state index is 11.2. The molecule has 7 heteroatoms. The summed E-state index contributed by atoms with van der Waals surface area (Å²) >= 11 is 6.06. The summed E-state index contributed by atoms with van der Waals surface area (Å²) in [5.74, 6) is 0.186. The molecule has 0 aliphatic heterocycles. The highest BCUT2D eigenvalue weighted by atomic mass is 35.5. The second-order valence-electron chi connectivity index (χ2n) is 4.26. The van der Waals surface area contributed by atoms with Crippen LogP contribution in [0.4, 0.5) is 5.82 Å². The lowest BCUT2D eigenvalue weighted by molar-refractivity contribution is -0.114. The lowest BCUT2D eigenvalue weighted by Gasteiger charge is -2.09. The Morgan fingerprint density at radius 3 is 2.95 bits per heavy atom. The number of aromatic nitrogens is 4. The normalized spacial score (nSPS) is 11.1. The van der Waals surface area contributed by atoms with Crippen molar-refractivity contribution in [3.63, 3.8) is 0 Å². The quantitative estimate of drug-likeness (QED) is 0.739. The number of hydrogen-bond donors (Lipinski definition) is 1. The number of rotatable bonds is 1. The molecule has 1 aromatic carbocycles. The first-order valence-electron chi connectivity index (χ1n) is 5.63. The van der Waals surface area contributed by atoms with Gasteiger partial charge in [0.15, 0.2) is 5.82 Å². The number of nitrogens with one attached hydrogen (secondary N) is 1. The first kappa shape index (κ1) is 11.9. The summed E-state index contributed by atoms with van der Waals surface area (Å²) in [6, 6.07) is 3.62. The molecule has 1 N–H and O–H groups in total. The zero-order chi connectivity index (χ0) is 13.6. The maximum atomic E-state index is 11.2. The molecule has 3 rings (SSSR count). The van der Waals surface area contributed by atoms with Crippen molar-refractivity contribution in [2.45, 2.75) is 13.8 Å². The Bertz CT molecular complexity index is 811. The topological polar surface area (TPSA) is 72.2 Å². The van der Waals surface area contributed by atoms with Gasteiger partial charge in [-0.2, -0.15) is 0 Å². The van der Waals surface area contributed by atoms with E-state index in [1.165, 1.54) is 6.92 Å². The van der Waals surface area contributed by atoms with Crippen molar-refractivity contribution in [1.29, 1.82) is 0 Å². The molecule has 3 aromatic rings. The Kier molecular flexibility index (Phi) is 2.60. The number of fused-ring (bicyclic) bond motifs is 3. The first-order chi connectivity index (χ1) is 9.06. The number of benzene rings is 1. The number of halogens is 1. The smallest absolute Gasteiger partial charge is 0.222 e. The summed E-state index contributed by atoms with van der Waals surface area (Å²) in [4.78, 5) is 15.7. The predicted molar refractivity (Wildman–Crippen MR) is 72.3 cm³/mol. The van der Waals surface area contributed by atoms with Crippen LogP contribution in [0.1, 0.15) is 12.5 Å². The summed E-state index contributed by atoms with van der Waals surface area (Å²) < 4.78 is 1.76. The molecule has 0 spiro atoms. The number of amides is 1. The molecule has 0 atom stereocenters. The molecule has 0 saturated carbocycles. The zero-order valence-electron chi connectivity index (χ0n) is 10.3. The maximum Gasteiger partial charge on any atom is 0.222 e. The Balaban J connectivity index is 2.44. The molecule has 0 unspecified atom stereocenters. The number of aryl methyl sites for hydroxylation is 1. The molecule has 19 heavy (non-hydrogen) atoms. The highest BCUT2D eigenvalue weighted by Crippen LogP contribution is 2.25. The lowest BCUT2D eigenvalue weighted by atomic mass is 10.2. The van der Waals surface area contributed by atoms with E-state index in [4.69, 9.17) is 11.6 Å². The van der Waals surface area contributed by atoms with E-state index >= 15 is 0 Å². The average molecular weight is 276 g/mol. The van der Waals surface area contributed by atoms with Crippen LogP contribution >= 0.6 is 11.6 Å². The van der Waals surface area contributed by atoms with Crippen molar-refractivity contribution in [3.8, 4) is 0 Å². The Morgan fingerprint density at radius 1 is 1.42 bits per heavy atom. The summed E-state index contributed by atoms with van der Waals surface area (Å²) in [6.07, 6.45) is 1.57. The Hall–Kier alpha value is -2.21. The van der Waals surface area contributed by atoms with Crippen LogP contribution in [-0.4, -0.2) is 25.5 Å². The lowest BCUT2D eigenvalue weighted by Crippen LogP contribution is -2.10. The summed E-state index contributed by atoms with van der Waals surface area (Å²) in [5, 5.41) is 11.1. The van der Waals surface area contributed by atoms with Gasteiger partial charge in [-0.15, -0.1) is 10.2 Å². The van der Waals surface area contributed by atoms with Gasteiger partial charge >= 0.3 is 0 Å². The first-order valence-corrected chi connectivity index (χ1v) is 6.01. The minimum absolute atomic E-state index is 0.205. The fourth-order valence-corrected chi connectivity index (χ4v) is 2.30. The van der Waals surface area contributed by atoms with Crippen molar-refractivity contribution in [2.75, 3.05) is 5.32 Å². The van der Waals surface area contributed by atoms with Crippen LogP contribution in [-0.2, 0) is 4.79 Å². The van der Waals surface area contributed by atoms with Gasteiger partial charge in [0, 0.05) is 11.9 Å². The number of nitrogens with zero attached hydrogens (tertiary/aromatic N) is 4. The summed E-state index contributed by atoms with van der Waals surface area (Å²) in [6.45, 7) is 3.34. The van der Waals surface area contributed by atoms with E-state index in [9.17, 15) is 4.79 Å². The zero-order valence-corrected chi connectivity index (χ0v) is 11.1. The fraction of sp³-hybridized carbons (Fsp3) is 0.167. The van der Waals surface area contributed by atoms with Crippen molar-refractivity contribution >= 4 is 40.0 Å². The summed E-state index contributed by atoms with van der Waals surface area (Å²) in [5.41, 5.74) is 2.97. The van der Waals surface area contributed by atoms with Gasteiger partial charge in [0.05, 0.1) is 11.0 Å². The second kappa shape index (κ2) is 4.17. The van der Waals surface area contributed by atoms with Crippen LogP contribution in [0.3, 0.4) is 0 Å². The molecule has 96 valence electrons. The molecule has 1 amide bonds. The van der Waals surface area contributed by atoms with Gasteiger partial charge in [0.1, 0.15) is 6.33 Å². The second-order valence-corrected chi connectivity index (χ2v) is 4.69. The van der Waals surface area contributed by atoms with Gasteiger partial charge in [0.25, 0.3) is 0 Å². The monoisotopic (exact) mass is 275 g/mol. The van der Waals surface area contributed by atoms with Crippen LogP contribution in [0.2, 0.25) is 5.02 Å². The van der Waals surface area contributed by atoms with Crippen molar-refractivity contribution in [1.82, 2.24) is 19.6 Å². The molecule has 6 nitrogen and oxygen atoms in total. The standard InChI is InChI=1S/C12H10ClN5O/c1-6-3-8(13)4-9-10(6)16-11(15-7(2)19)12-17-14-5-18(9)12/h3-5H,1-2H3,(H,15,16,19). The van der Waals surface area contributed by atoms with Gasteiger partial charge in [-0.05, 0) is 24.6 Å². The van der Waals surface area contributed by atoms with E-state index in [0.29, 0.717) is 16.5 Å². The van der Waals surface area contributed by atoms with Crippen molar-refractivity contribution < 1.29 is 4.79 Å². The largest absolute Gasteiger partial charge is 0.308 e. The van der Waals surface area contributed by atoms with Crippen LogP contribution in [0.15, 0.2) is 18.5 Å². The van der Waals surface area contributed by atoms with Crippen LogP contribution in [0.25, 0.3) is 16.7 Å². The third-order valence-corrected chi connectivity index (χ3v) is 3.00. The SMILES string of the molecule is CC(=O)Nc1nc2c(C)cc(Cl)cc2n2cnnc12. The molecular weight excluding hydrogens is 266 g/mol. The minimum Gasteiger partial charge on any atom is -0.308 e. The van der Waals surface area contributed by atoms with E-state index in [0.717, 1.165) is 16.6 Å². The number of anilines is 1. The highest BCUT2D eigenvalue weighted by Gasteiger charge is 2.13. The molecule has 0 saturated heterocycles. The third-order valence-electron chi connectivity index (χ3n) is 2.78. The van der Waals surface area contributed by atoms with Crippen molar-refractivity contribution in [3.05, 3.63) is 29.0 Å². The van der Waals surface area contributed by atoms with Gasteiger partial charge in [-0.1, -0.05) is 11.6 Å². The summed E-state index contributed by atoms with van der Waals surface area (Å²) in [7, 11) is 0. The molecule has 0 aliphatic carbocycles. The molecule has 0 radical (unpaired) electrons. The minimum atomic E-state index is -0.205. The number of carbonyl (C=O) groups is 1. The molecule has 2 aromatic heterocycles. The van der Waals surface area contributed by atoms with E-state index < -0.39 is 0 Å². The predicted octanol–water partition coefficient (Wildman–Crippen LogP) is 2.20. The van der Waals surface area contributed by atoms with Gasteiger partial charge in [0.2, 0.25) is 11.6 Å². The van der Waals surface area contributed by atoms with E-state index in [1.807, 2.05) is 13.0 Å². The number of hydrogen-bond acceptors (Lipinski definition) is 4. The van der Waals surface area contributed by atoms with Crippen LogP contribution in [0, 0.1) is 6.92 Å². The third kappa shape index (κ3) is 1.90. The number of carbonyl (C=O) groups excluding carboxylic acids is 1. The molecule has 0 aliphatic rings. The molecule has 0 fully saturated rings. The fourth-order valence-electron chi connectivity index (χ4n) is 2.03. The van der Waals surface area contributed by atoms with E-state index in [-0.39, 0.29) is 5.91 Å². The van der Waals surface area contributed by atoms with Gasteiger partial charge < -0.3 is 5.32 Å². The van der Waals surface area contributed by atoms with E-state index in [1.54, 1.807) is 16.8 Å². The molecule has 0 bridgehead atoms. The van der Waals surface area contributed by atoms with Gasteiger partial charge in [-0.25, -0.2) is 4.98 Å². The Morgan fingerprint density at radius 2 is 2.21 bits per heavy atom. The Labute approximate surface area is 113 Å². The van der Waals surface area contributed by atoms with Crippen LogP contribution < -0.4 is 5.32 Å². The van der Waals surface area contributed by atoms with Crippen molar-refractivity contribution in [2.24, 2.45) is 0 Å². The van der Waals surface area contributed by atoms with Gasteiger partial charge in [-0.3, -0.25) is 9.20 Å². The molecular formula is C12H10ClN5O. The van der Waals surface area contributed by atoms with E-state index in [2.05, 4.69) is 20.5 Å².